The van der Waals surface area contributed by atoms with Crippen LogP contribution in [0.2, 0.25) is 0 Å². The predicted octanol–water partition coefficient (Wildman–Crippen LogP) is 1.83. The smallest absolute Gasteiger partial charge is 0.128 e. The minimum atomic E-state index is 0.153. The van der Waals surface area contributed by atoms with Crippen molar-refractivity contribution < 1.29 is 19.7 Å². The van der Waals surface area contributed by atoms with Crippen LogP contribution in [-0.2, 0) is 0 Å². The molecule has 8 nitrogen and oxygen atoms in total. The Hall–Kier alpha value is -3.10. The molecule has 0 unspecified atom stereocenters. The third-order valence-corrected chi connectivity index (χ3v) is 4.25. The fourth-order valence-corrected chi connectivity index (χ4v) is 2.56. The summed E-state index contributed by atoms with van der Waals surface area (Å²) in [4.78, 5) is 8.61. The van der Waals surface area contributed by atoms with Gasteiger partial charge in [0.2, 0.25) is 0 Å². The minimum Gasteiger partial charge on any atom is -0.507 e. The summed E-state index contributed by atoms with van der Waals surface area (Å²) in [7, 11) is 3.12. The number of benzene rings is 2. The maximum atomic E-state index is 9.86. The van der Waals surface area contributed by atoms with Gasteiger partial charge in [0.25, 0.3) is 0 Å². The van der Waals surface area contributed by atoms with Gasteiger partial charge in [-0.1, -0.05) is 0 Å². The quantitative estimate of drug-likeness (QED) is 0.294. The van der Waals surface area contributed by atoms with Gasteiger partial charge >= 0.3 is 0 Å². The zero-order chi connectivity index (χ0) is 21.6. The molecule has 0 aliphatic rings. The number of aliphatic imine (C=N–C) groups is 2. The second-order valence-electron chi connectivity index (χ2n) is 6.42. The molecule has 0 saturated heterocycles. The van der Waals surface area contributed by atoms with E-state index in [-0.39, 0.29) is 11.5 Å². The molecule has 2 rings (SSSR count). The Balaban J connectivity index is 1.51. The van der Waals surface area contributed by atoms with Crippen LogP contribution >= 0.6 is 0 Å². The lowest BCUT2D eigenvalue weighted by Crippen LogP contribution is -2.30. The monoisotopic (exact) mass is 414 g/mol. The molecule has 0 fully saturated rings. The SMILES string of the molecule is COc1ccc(C=NCCNCCNCCN=Cc2ccc(OC)cc2O)c(O)c1. The highest BCUT2D eigenvalue weighted by Crippen LogP contribution is 2.22. The van der Waals surface area contributed by atoms with Crippen molar-refractivity contribution >= 4 is 12.4 Å². The van der Waals surface area contributed by atoms with Crippen molar-refractivity contribution in [2.24, 2.45) is 9.98 Å². The van der Waals surface area contributed by atoms with Crippen LogP contribution in [0.15, 0.2) is 46.4 Å². The van der Waals surface area contributed by atoms with E-state index in [9.17, 15) is 10.2 Å². The van der Waals surface area contributed by atoms with Gasteiger partial charge in [0.1, 0.15) is 23.0 Å². The van der Waals surface area contributed by atoms with E-state index >= 15 is 0 Å². The first-order valence-electron chi connectivity index (χ1n) is 9.79. The minimum absolute atomic E-state index is 0.153. The molecule has 2 aromatic carbocycles. The Morgan fingerprint density at radius 2 is 1.17 bits per heavy atom. The van der Waals surface area contributed by atoms with Gasteiger partial charge in [0, 0.05) is 61.9 Å². The molecule has 0 aliphatic heterocycles. The van der Waals surface area contributed by atoms with Gasteiger partial charge in [-0.15, -0.1) is 0 Å². The molecule has 0 radical (unpaired) electrons. The Labute approximate surface area is 177 Å². The average molecular weight is 415 g/mol. The van der Waals surface area contributed by atoms with Crippen LogP contribution in [0.4, 0.5) is 0 Å². The van der Waals surface area contributed by atoms with Crippen LogP contribution in [0.3, 0.4) is 0 Å². The molecule has 2 aromatic rings. The van der Waals surface area contributed by atoms with E-state index in [1.165, 1.54) is 0 Å². The Morgan fingerprint density at radius 3 is 1.53 bits per heavy atom. The molecule has 0 heterocycles. The summed E-state index contributed by atoms with van der Waals surface area (Å²) >= 11 is 0. The first-order chi connectivity index (χ1) is 14.6. The lowest BCUT2D eigenvalue weighted by molar-refractivity contribution is 0.407. The summed E-state index contributed by atoms with van der Waals surface area (Å²) in [6, 6.07) is 10.2. The molecule has 0 bridgehead atoms. The Bertz CT molecular complexity index is 770. The third kappa shape index (κ3) is 8.10. The summed E-state index contributed by atoms with van der Waals surface area (Å²) < 4.78 is 10.1. The van der Waals surface area contributed by atoms with Crippen molar-refractivity contribution in [1.29, 1.82) is 0 Å². The molecule has 8 heteroatoms. The lowest BCUT2D eigenvalue weighted by Gasteiger charge is -2.05. The molecular weight excluding hydrogens is 384 g/mol. The van der Waals surface area contributed by atoms with E-state index in [4.69, 9.17) is 9.47 Å². The average Bonchev–Trinajstić information content (AvgIpc) is 2.76. The molecule has 0 amide bonds. The summed E-state index contributed by atoms with van der Waals surface area (Å²) in [5.74, 6) is 1.53. The van der Waals surface area contributed by atoms with Crippen LogP contribution in [0.1, 0.15) is 11.1 Å². The standard InChI is InChI=1S/C22H30N4O4/c1-29-19-5-3-17(21(27)13-19)15-25-11-9-23-7-8-24-10-12-26-16-18-4-6-20(30-2)14-22(18)28/h3-6,13-16,23-24,27-28H,7-12H2,1-2H3. The van der Waals surface area contributed by atoms with Gasteiger partial charge in [0.05, 0.1) is 27.3 Å². The van der Waals surface area contributed by atoms with Crippen molar-refractivity contribution in [3.05, 3.63) is 47.5 Å². The number of hydrogen-bond acceptors (Lipinski definition) is 8. The van der Waals surface area contributed by atoms with Crippen LogP contribution in [0.25, 0.3) is 0 Å². The fraction of sp³-hybridized carbons (Fsp3) is 0.364. The Morgan fingerprint density at radius 1 is 0.733 bits per heavy atom. The summed E-state index contributed by atoms with van der Waals surface area (Å²) in [6.45, 7) is 4.41. The van der Waals surface area contributed by atoms with Crippen LogP contribution in [0.5, 0.6) is 23.0 Å². The number of aromatic hydroxyl groups is 2. The van der Waals surface area contributed by atoms with Crippen LogP contribution in [-0.4, -0.2) is 76.1 Å². The molecule has 0 atom stereocenters. The number of nitrogens with one attached hydrogen (secondary N) is 2. The van der Waals surface area contributed by atoms with Crippen molar-refractivity contribution in [1.82, 2.24) is 10.6 Å². The molecule has 4 N–H and O–H groups in total. The lowest BCUT2D eigenvalue weighted by atomic mass is 10.2. The first-order valence-corrected chi connectivity index (χ1v) is 9.79. The molecule has 0 aromatic heterocycles. The van der Waals surface area contributed by atoms with E-state index in [0.29, 0.717) is 35.7 Å². The number of rotatable bonds is 13. The first kappa shape index (κ1) is 23.2. The highest BCUT2D eigenvalue weighted by Gasteiger charge is 2.01. The zero-order valence-electron chi connectivity index (χ0n) is 17.5. The van der Waals surface area contributed by atoms with Crippen LogP contribution in [0, 0.1) is 0 Å². The highest BCUT2D eigenvalue weighted by atomic mass is 16.5. The van der Waals surface area contributed by atoms with Gasteiger partial charge in [-0.25, -0.2) is 0 Å². The van der Waals surface area contributed by atoms with Crippen LogP contribution < -0.4 is 20.1 Å². The Kier molecular flexibility index (Phi) is 10.2. The molecular formula is C22H30N4O4. The van der Waals surface area contributed by atoms with Crippen molar-refractivity contribution in [3.63, 3.8) is 0 Å². The third-order valence-electron chi connectivity index (χ3n) is 4.25. The van der Waals surface area contributed by atoms with Crippen molar-refractivity contribution in [3.8, 4) is 23.0 Å². The molecule has 30 heavy (non-hydrogen) atoms. The summed E-state index contributed by atoms with van der Waals surface area (Å²) in [5.41, 5.74) is 1.34. The number of hydrogen-bond donors (Lipinski definition) is 4. The number of nitrogens with zero attached hydrogens (tertiary/aromatic N) is 2. The van der Waals surface area contributed by atoms with Gasteiger partial charge < -0.3 is 30.3 Å². The predicted molar refractivity (Wildman–Crippen MR) is 120 cm³/mol. The molecule has 0 spiro atoms. The van der Waals surface area contributed by atoms with E-state index in [1.54, 1.807) is 63.0 Å². The van der Waals surface area contributed by atoms with Gasteiger partial charge in [-0.2, -0.15) is 0 Å². The number of ether oxygens (including phenoxy) is 2. The van der Waals surface area contributed by atoms with Gasteiger partial charge in [-0.3, -0.25) is 9.98 Å². The fourth-order valence-electron chi connectivity index (χ4n) is 2.56. The maximum Gasteiger partial charge on any atom is 0.128 e. The van der Waals surface area contributed by atoms with Gasteiger partial charge in [0.15, 0.2) is 0 Å². The van der Waals surface area contributed by atoms with E-state index in [2.05, 4.69) is 20.6 Å². The second-order valence-corrected chi connectivity index (χ2v) is 6.42. The molecule has 0 aliphatic carbocycles. The second kappa shape index (κ2) is 13.2. The van der Waals surface area contributed by atoms with E-state index in [1.807, 2.05) is 0 Å². The number of phenols is 2. The van der Waals surface area contributed by atoms with Crippen molar-refractivity contribution in [2.75, 3.05) is 53.5 Å². The molecule has 0 saturated carbocycles. The molecule has 162 valence electrons. The number of phenolic OH excluding ortho intramolecular Hbond substituents is 2. The zero-order valence-corrected chi connectivity index (χ0v) is 17.5. The summed E-state index contributed by atoms with van der Waals surface area (Å²) in [6.07, 6.45) is 3.32. The largest absolute Gasteiger partial charge is 0.507 e. The van der Waals surface area contributed by atoms with Gasteiger partial charge in [-0.05, 0) is 24.3 Å². The number of methoxy groups -OCH3 is 2. The van der Waals surface area contributed by atoms with Crippen molar-refractivity contribution in [2.45, 2.75) is 0 Å². The maximum absolute atomic E-state index is 9.86. The highest BCUT2D eigenvalue weighted by molar-refractivity contribution is 5.84. The van der Waals surface area contributed by atoms with E-state index in [0.717, 1.165) is 26.2 Å². The van der Waals surface area contributed by atoms with E-state index < -0.39 is 0 Å². The normalized spacial score (nSPS) is 11.4. The topological polar surface area (TPSA) is 108 Å². The summed E-state index contributed by atoms with van der Waals surface area (Å²) in [5, 5.41) is 26.3.